The van der Waals surface area contributed by atoms with E-state index < -0.39 is 29.7 Å². The highest BCUT2D eigenvalue weighted by atomic mass is 32.2. The van der Waals surface area contributed by atoms with Crippen molar-refractivity contribution in [3.8, 4) is 10.6 Å². The second-order valence-electron chi connectivity index (χ2n) is 12.6. The fourth-order valence-electron chi connectivity index (χ4n) is 5.92. The molecule has 0 amide bonds. The molecule has 1 saturated carbocycles. The molecular weight excluding hydrogens is 615 g/mol. The van der Waals surface area contributed by atoms with Gasteiger partial charge in [0.25, 0.3) is 0 Å². The molecule has 4 rings (SSSR count). The quantitative estimate of drug-likeness (QED) is 0.112. The number of thioether (sulfide) groups is 1. The van der Waals surface area contributed by atoms with Crippen LogP contribution in [-0.2, 0) is 13.3 Å². The molecule has 235 valence electrons. The van der Waals surface area contributed by atoms with Crippen molar-refractivity contribution in [2.24, 2.45) is 5.92 Å². The number of rotatable bonds is 13. The minimum absolute atomic E-state index is 0.230. The number of anilines is 1. The first-order valence-corrected chi connectivity index (χ1v) is 20.7. The van der Waals surface area contributed by atoms with Crippen molar-refractivity contribution in [2.45, 2.75) is 108 Å². The van der Waals surface area contributed by atoms with Crippen LogP contribution in [0, 0.1) is 12.8 Å². The van der Waals surface area contributed by atoms with E-state index >= 15 is 0 Å². The van der Waals surface area contributed by atoms with Crippen molar-refractivity contribution in [2.75, 3.05) is 18.2 Å². The third-order valence-corrected chi connectivity index (χ3v) is 18.1. The largest absolute Gasteiger partial charge is 0.435 e. The third kappa shape index (κ3) is 7.23. The number of Topliss-reactive ketones (excluding diaryl/α,β-unsaturated/α-hetero) is 1. The average Bonchev–Trinajstić information content (AvgIpc) is 3.48. The van der Waals surface area contributed by atoms with Crippen molar-refractivity contribution in [1.29, 1.82) is 0 Å². The number of aliphatic hydroxyl groups excluding tert-OH is 1. The smallest absolute Gasteiger partial charge is 0.333 e. The van der Waals surface area contributed by atoms with E-state index in [1.54, 1.807) is 12.4 Å². The molecule has 43 heavy (non-hydrogen) atoms. The Bertz CT molecular complexity index is 1370. The van der Waals surface area contributed by atoms with E-state index in [0.29, 0.717) is 28.5 Å². The fraction of sp³-hybridized carbons (Fsp3) is 0.633. The Morgan fingerprint density at radius 1 is 1.12 bits per heavy atom. The van der Waals surface area contributed by atoms with Gasteiger partial charge in [-0.1, -0.05) is 67.2 Å². The van der Waals surface area contributed by atoms with E-state index in [1.807, 2.05) is 19.2 Å². The van der Waals surface area contributed by atoms with Crippen molar-refractivity contribution in [1.82, 2.24) is 19.9 Å². The first kappa shape index (κ1) is 34.1. The van der Waals surface area contributed by atoms with Crippen LogP contribution in [0.5, 0.6) is 0 Å². The molecule has 0 saturated heterocycles. The number of carbonyl (C=O) groups excluding carboxylic acids is 1. The van der Waals surface area contributed by atoms with Gasteiger partial charge in [-0.2, -0.15) is 0 Å². The summed E-state index contributed by atoms with van der Waals surface area (Å²) in [6.07, 6.45) is 4.73. The summed E-state index contributed by atoms with van der Waals surface area (Å²) in [6, 6.07) is 1.33. The van der Waals surface area contributed by atoms with Crippen LogP contribution in [0.25, 0.3) is 20.8 Å². The molecule has 3 aromatic heterocycles. The number of nitrogens with one attached hydrogen (secondary N) is 1. The summed E-state index contributed by atoms with van der Waals surface area (Å²) in [4.78, 5) is 31.9. The number of aliphatic hydroxyl groups is 1. The van der Waals surface area contributed by atoms with E-state index in [2.05, 4.69) is 70.7 Å². The fourth-order valence-corrected chi connectivity index (χ4v) is 16.6. The van der Waals surface area contributed by atoms with Gasteiger partial charge in [-0.05, 0) is 47.8 Å². The van der Waals surface area contributed by atoms with E-state index in [4.69, 9.17) is 18.5 Å². The highest BCUT2D eigenvalue weighted by Gasteiger charge is 2.50. The number of pyridine rings is 1. The first-order chi connectivity index (χ1) is 20.3. The molecule has 2 N–H and O–H groups in total. The summed E-state index contributed by atoms with van der Waals surface area (Å²) in [5.74, 6) is -0.0356. The van der Waals surface area contributed by atoms with Crippen LogP contribution in [0.4, 0.5) is 5.82 Å². The Morgan fingerprint density at radius 3 is 2.37 bits per heavy atom. The highest BCUT2D eigenvalue weighted by molar-refractivity contribution is 7.98. The maximum atomic E-state index is 13.4. The van der Waals surface area contributed by atoms with Crippen LogP contribution in [-0.4, -0.2) is 73.4 Å². The highest BCUT2D eigenvalue weighted by Crippen LogP contribution is 2.41. The van der Waals surface area contributed by atoms with Crippen molar-refractivity contribution < 1.29 is 18.4 Å². The van der Waals surface area contributed by atoms with Gasteiger partial charge in [-0.25, -0.2) is 15.0 Å². The summed E-state index contributed by atoms with van der Waals surface area (Å²) >= 11 is 2.98. The summed E-state index contributed by atoms with van der Waals surface area (Å²) < 4.78 is 14.9. The van der Waals surface area contributed by atoms with Gasteiger partial charge in [-0.3, -0.25) is 9.78 Å². The predicted molar refractivity (Wildman–Crippen MR) is 180 cm³/mol. The number of ketones is 1. The first-order valence-electron chi connectivity index (χ1n) is 15.1. The van der Waals surface area contributed by atoms with Crippen LogP contribution < -0.4 is 5.32 Å². The molecule has 3 heterocycles. The van der Waals surface area contributed by atoms with E-state index in [9.17, 15) is 9.90 Å². The van der Waals surface area contributed by atoms with Crippen molar-refractivity contribution in [3.05, 3.63) is 24.2 Å². The standard InChI is InChI=1S/C30H46N5O4S2Si2/c1-16(2)42(17(3)4)39-43(18(5)6,19(7)8)38-15-21-13-22(27(37)26(21)36)33-28-25(20(9)32-30(35-28)40-10)29-34-23-14-31-12-11-24(23)41-29/h11-12,14,16-19,21-22,26,36H,13,15H2,1-10H3,(H,32,33,35)/t21-,22-,26-/m1/s1. The summed E-state index contributed by atoms with van der Waals surface area (Å²) in [5, 5.41) is 15.9. The van der Waals surface area contributed by atoms with Crippen molar-refractivity contribution >= 4 is 62.5 Å². The lowest BCUT2D eigenvalue weighted by Gasteiger charge is -2.42. The molecule has 3 atom stereocenters. The Kier molecular flexibility index (Phi) is 11.2. The molecule has 0 aliphatic heterocycles. The minimum Gasteiger partial charge on any atom is -0.435 e. The van der Waals surface area contributed by atoms with Gasteiger partial charge in [0.2, 0.25) is 9.04 Å². The Labute approximate surface area is 267 Å². The van der Waals surface area contributed by atoms with Gasteiger partial charge < -0.3 is 19.0 Å². The molecule has 0 aromatic carbocycles. The Hall–Kier alpha value is -1.75. The van der Waals surface area contributed by atoms with Gasteiger partial charge in [0.15, 0.2) is 10.9 Å². The number of hydrogen-bond acceptors (Lipinski definition) is 11. The van der Waals surface area contributed by atoms with Gasteiger partial charge >= 0.3 is 8.56 Å². The zero-order valence-electron chi connectivity index (χ0n) is 27.0. The number of carbonyl (C=O) groups is 1. The van der Waals surface area contributed by atoms with E-state index in [1.165, 1.54) is 23.1 Å². The van der Waals surface area contributed by atoms with Gasteiger partial charge in [-0.15, -0.1) is 11.3 Å². The molecule has 1 aliphatic carbocycles. The lowest BCUT2D eigenvalue weighted by molar-refractivity contribution is -0.126. The van der Waals surface area contributed by atoms with Gasteiger partial charge in [0.1, 0.15) is 22.4 Å². The second-order valence-corrected chi connectivity index (χ2v) is 22.4. The number of nitrogens with zero attached hydrogens (tertiary/aromatic N) is 4. The number of aryl methyl sites for hydroxylation is 1. The SMILES string of the molecule is CSc1nc(C)c(-c2nc3cnccc3s2)c(N[C@@H]2C[C@H](CO[Si](O[Si](C(C)C)C(C)C)(C(C)C)C(C)C)[C@@H](O)C2=O)n1. The minimum atomic E-state index is -2.68. The second kappa shape index (κ2) is 14.1. The van der Waals surface area contributed by atoms with Crippen molar-refractivity contribution in [3.63, 3.8) is 0 Å². The molecular formula is C30H46N5O4S2Si2. The summed E-state index contributed by atoms with van der Waals surface area (Å²) in [7, 11) is -3.80. The number of fused-ring (bicyclic) bond motifs is 1. The lowest BCUT2D eigenvalue weighted by atomic mass is 10.1. The molecule has 1 aliphatic rings. The molecule has 9 nitrogen and oxygen atoms in total. The van der Waals surface area contributed by atoms with Crippen LogP contribution in [0.1, 0.15) is 67.5 Å². The number of thiazole rings is 1. The zero-order valence-corrected chi connectivity index (χ0v) is 30.6. The molecule has 0 bridgehead atoms. The van der Waals surface area contributed by atoms with Crippen LogP contribution in [0.3, 0.4) is 0 Å². The summed E-state index contributed by atoms with van der Waals surface area (Å²) in [5.41, 5.74) is 3.70. The topological polar surface area (TPSA) is 119 Å². The number of hydrogen-bond donors (Lipinski definition) is 2. The zero-order chi connectivity index (χ0) is 31.6. The molecule has 13 heteroatoms. The number of aromatic nitrogens is 4. The van der Waals surface area contributed by atoms with Gasteiger partial charge in [0.05, 0.1) is 28.2 Å². The van der Waals surface area contributed by atoms with Crippen LogP contribution >= 0.6 is 23.1 Å². The molecule has 1 radical (unpaired) electrons. The Balaban J connectivity index is 1.59. The lowest BCUT2D eigenvalue weighted by Crippen LogP contribution is -2.54. The maximum Gasteiger partial charge on any atom is 0.333 e. The summed E-state index contributed by atoms with van der Waals surface area (Å²) in [6.45, 7) is 19.9. The molecule has 1 fully saturated rings. The molecule has 0 unspecified atom stereocenters. The van der Waals surface area contributed by atoms with Crippen LogP contribution in [0.15, 0.2) is 23.6 Å². The normalized spacial score (nSPS) is 19.7. The monoisotopic (exact) mass is 660 g/mol. The van der Waals surface area contributed by atoms with E-state index in [0.717, 1.165) is 26.5 Å². The van der Waals surface area contributed by atoms with E-state index in [-0.39, 0.29) is 29.4 Å². The maximum absolute atomic E-state index is 13.4. The molecule has 3 aromatic rings. The average molecular weight is 661 g/mol. The Morgan fingerprint density at radius 2 is 1.79 bits per heavy atom. The van der Waals surface area contributed by atoms with Gasteiger partial charge in [0, 0.05) is 18.7 Å². The van der Waals surface area contributed by atoms with Crippen LogP contribution in [0.2, 0.25) is 22.2 Å². The molecule has 0 spiro atoms. The predicted octanol–water partition coefficient (Wildman–Crippen LogP) is 7.02. The third-order valence-electron chi connectivity index (χ3n) is 8.13.